The first-order valence-electron chi connectivity index (χ1n) is 6.47. The summed E-state index contributed by atoms with van der Waals surface area (Å²) in [5, 5.41) is 9.04. The lowest BCUT2D eigenvalue weighted by Gasteiger charge is -2.30. The third-order valence-corrected chi connectivity index (χ3v) is 2.91. The number of hydrogen-bond donors (Lipinski definition) is 2. The van der Waals surface area contributed by atoms with Crippen molar-refractivity contribution in [2.24, 2.45) is 5.73 Å². The molecule has 0 radical (unpaired) electrons. The fourth-order valence-corrected chi connectivity index (χ4v) is 2.06. The fourth-order valence-electron chi connectivity index (χ4n) is 2.06. The molecule has 0 aliphatic heterocycles. The summed E-state index contributed by atoms with van der Waals surface area (Å²) >= 11 is 0. The molecule has 3 N–H and O–H groups in total. The minimum atomic E-state index is -0.848. The first-order valence-corrected chi connectivity index (χ1v) is 6.47. The molecular formula is C15H23NO3. The molecule has 0 heterocycles. The maximum Gasteiger partial charge on any atom is 0.304 e. The van der Waals surface area contributed by atoms with Gasteiger partial charge in [-0.3, -0.25) is 4.79 Å². The summed E-state index contributed by atoms with van der Waals surface area (Å²) < 4.78 is 5.63. The molecule has 19 heavy (non-hydrogen) atoms. The number of rotatable bonds is 6. The first kappa shape index (κ1) is 15.5. The Morgan fingerprint density at radius 1 is 1.42 bits per heavy atom. The van der Waals surface area contributed by atoms with Gasteiger partial charge in [0.2, 0.25) is 0 Å². The molecule has 1 aromatic carbocycles. The minimum Gasteiger partial charge on any atom is -0.491 e. The zero-order valence-electron chi connectivity index (χ0n) is 12.0. The van der Waals surface area contributed by atoms with Crippen molar-refractivity contribution in [1.29, 1.82) is 0 Å². The molecule has 0 aliphatic carbocycles. The van der Waals surface area contributed by atoms with Crippen molar-refractivity contribution in [3.63, 3.8) is 0 Å². The van der Waals surface area contributed by atoms with Gasteiger partial charge in [-0.15, -0.1) is 0 Å². The second kappa shape index (κ2) is 6.06. The molecule has 4 heteroatoms. The number of hydrogen-bond acceptors (Lipinski definition) is 3. The molecule has 106 valence electrons. The number of carboxylic acids is 1. The van der Waals surface area contributed by atoms with E-state index in [-0.39, 0.29) is 18.4 Å². The summed E-state index contributed by atoms with van der Waals surface area (Å²) in [7, 11) is 0. The van der Waals surface area contributed by atoms with Gasteiger partial charge in [0.1, 0.15) is 5.75 Å². The smallest absolute Gasteiger partial charge is 0.304 e. The van der Waals surface area contributed by atoms with Crippen LogP contribution in [0, 0.1) is 0 Å². The molecular weight excluding hydrogens is 242 g/mol. The quantitative estimate of drug-likeness (QED) is 0.829. The van der Waals surface area contributed by atoms with Crippen LogP contribution in [0.25, 0.3) is 0 Å². The van der Waals surface area contributed by atoms with Gasteiger partial charge >= 0.3 is 5.97 Å². The van der Waals surface area contributed by atoms with E-state index in [9.17, 15) is 4.79 Å². The van der Waals surface area contributed by atoms with Crippen molar-refractivity contribution >= 4 is 5.97 Å². The monoisotopic (exact) mass is 265 g/mol. The van der Waals surface area contributed by atoms with E-state index in [0.29, 0.717) is 0 Å². The topological polar surface area (TPSA) is 72.5 Å². The van der Waals surface area contributed by atoms with E-state index in [4.69, 9.17) is 15.6 Å². The summed E-state index contributed by atoms with van der Waals surface area (Å²) in [6.07, 6.45) is 0.0910. The molecule has 0 spiro atoms. The molecule has 1 unspecified atom stereocenters. The average molecular weight is 265 g/mol. The van der Waals surface area contributed by atoms with Gasteiger partial charge in [0, 0.05) is 11.5 Å². The van der Waals surface area contributed by atoms with E-state index < -0.39 is 11.5 Å². The Morgan fingerprint density at radius 2 is 2.05 bits per heavy atom. The van der Waals surface area contributed by atoms with Crippen molar-refractivity contribution < 1.29 is 14.6 Å². The highest BCUT2D eigenvalue weighted by Crippen LogP contribution is 2.31. The Kier molecular flexibility index (Phi) is 4.95. The molecule has 4 nitrogen and oxygen atoms in total. The van der Waals surface area contributed by atoms with Crippen LogP contribution in [-0.4, -0.2) is 22.7 Å². The Labute approximate surface area is 114 Å². The lowest BCUT2D eigenvalue weighted by atomic mass is 9.80. The molecule has 0 saturated carbocycles. The van der Waals surface area contributed by atoms with Gasteiger partial charge in [-0.1, -0.05) is 12.1 Å². The maximum atomic E-state index is 11.0. The van der Waals surface area contributed by atoms with Crippen LogP contribution in [0.3, 0.4) is 0 Å². The molecule has 0 fully saturated rings. The van der Waals surface area contributed by atoms with Crippen LogP contribution in [0.5, 0.6) is 5.75 Å². The second-order valence-corrected chi connectivity index (χ2v) is 5.71. The van der Waals surface area contributed by atoms with Crippen LogP contribution in [0.1, 0.15) is 45.6 Å². The zero-order valence-corrected chi connectivity index (χ0v) is 12.0. The second-order valence-electron chi connectivity index (χ2n) is 5.71. The third kappa shape index (κ3) is 4.91. The van der Waals surface area contributed by atoms with E-state index >= 15 is 0 Å². The highest BCUT2D eigenvalue weighted by molar-refractivity contribution is 5.68. The van der Waals surface area contributed by atoms with Gasteiger partial charge in [0.05, 0.1) is 12.5 Å². The number of carbonyl (C=O) groups is 1. The standard InChI is InChI=1S/C15H23NO3/c1-10(2)19-12-7-5-6-11(8-12)13(9-14(17)18)15(3,4)16/h5-8,10,13H,9,16H2,1-4H3,(H,17,18). The highest BCUT2D eigenvalue weighted by atomic mass is 16.5. The van der Waals surface area contributed by atoms with Gasteiger partial charge in [-0.05, 0) is 45.4 Å². The summed E-state index contributed by atoms with van der Waals surface area (Å²) in [4.78, 5) is 11.0. The molecule has 0 aromatic heterocycles. The SMILES string of the molecule is CC(C)Oc1cccc(C(CC(=O)O)C(C)(C)N)c1. The normalized spacial score (nSPS) is 13.4. The predicted molar refractivity (Wildman–Crippen MR) is 75.5 cm³/mol. The number of benzene rings is 1. The van der Waals surface area contributed by atoms with Crippen molar-refractivity contribution in [3.8, 4) is 5.75 Å². The van der Waals surface area contributed by atoms with Gasteiger partial charge in [-0.25, -0.2) is 0 Å². The summed E-state index contributed by atoms with van der Waals surface area (Å²) in [5.74, 6) is -0.355. The molecule has 1 aromatic rings. The van der Waals surface area contributed by atoms with Gasteiger partial charge in [-0.2, -0.15) is 0 Å². The molecule has 1 rings (SSSR count). The third-order valence-electron chi connectivity index (χ3n) is 2.91. The van der Waals surface area contributed by atoms with Crippen LogP contribution < -0.4 is 10.5 Å². The summed E-state index contributed by atoms with van der Waals surface area (Å²) in [6, 6.07) is 7.51. The zero-order chi connectivity index (χ0) is 14.6. The average Bonchev–Trinajstić information content (AvgIpc) is 2.23. The lowest BCUT2D eigenvalue weighted by molar-refractivity contribution is -0.137. The molecule has 0 saturated heterocycles. The van der Waals surface area contributed by atoms with E-state index in [2.05, 4.69) is 0 Å². The van der Waals surface area contributed by atoms with Crippen LogP contribution in [-0.2, 0) is 4.79 Å². The largest absolute Gasteiger partial charge is 0.491 e. The maximum absolute atomic E-state index is 11.0. The number of ether oxygens (including phenoxy) is 1. The van der Waals surface area contributed by atoms with E-state index in [1.165, 1.54) is 0 Å². The Hall–Kier alpha value is -1.55. The lowest BCUT2D eigenvalue weighted by Crippen LogP contribution is -2.40. The summed E-state index contributed by atoms with van der Waals surface area (Å²) in [6.45, 7) is 7.59. The Morgan fingerprint density at radius 3 is 2.53 bits per heavy atom. The Bertz CT molecular complexity index is 435. The first-order chi connectivity index (χ1) is 8.70. The summed E-state index contributed by atoms with van der Waals surface area (Å²) in [5.41, 5.74) is 6.40. The highest BCUT2D eigenvalue weighted by Gasteiger charge is 2.29. The Balaban J connectivity index is 3.05. The van der Waals surface area contributed by atoms with Crippen molar-refractivity contribution in [2.75, 3.05) is 0 Å². The number of nitrogens with two attached hydrogens (primary N) is 1. The molecule has 0 bridgehead atoms. The number of aliphatic carboxylic acids is 1. The van der Waals surface area contributed by atoms with Crippen LogP contribution >= 0.6 is 0 Å². The van der Waals surface area contributed by atoms with Crippen molar-refractivity contribution in [2.45, 2.75) is 51.7 Å². The van der Waals surface area contributed by atoms with E-state index in [0.717, 1.165) is 11.3 Å². The molecule has 0 amide bonds. The fraction of sp³-hybridized carbons (Fsp3) is 0.533. The number of carboxylic acid groups (broad SMARTS) is 1. The molecule has 0 aliphatic rings. The predicted octanol–water partition coefficient (Wildman–Crippen LogP) is 2.77. The van der Waals surface area contributed by atoms with Gasteiger partial charge in [0.15, 0.2) is 0 Å². The van der Waals surface area contributed by atoms with Gasteiger partial charge in [0.25, 0.3) is 0 Å². The van der Waals surface area contributed by atoms with Gasteiger partial charge < -0.3 is 15.6 Å². The van der Waals surface area contributed by atoms with Crippen LogP contribution in [0.2, 0.25) is 0 Å². The van der Waals surface area contributed by atoms with E-state index in [1.807, 2.05) is 52.0 Å². The molecule has 1 atom stereocenters. The van der Waals surface area contributed by atoms with Crippen molar-refractivity contribution in [1.82, 2.24) is 0 Å². The van der Waals surface area contributed by atoms with Crippen LogP contribution in [0.15, 0.2) is 24.3 Å². The van der Waals surface area contributed by atoms with E-state index in [1.54, 1.807) is 0 Å². The minimum absolute atomic E-state index is 0.00856. The van der Waals surface area contributed by atoms with Crippen LogP contribution in [0.4, 0.5) is 0 Å². The van der Waals surface area contributed by atoms with Crippen molar-refractivity contribution in [3.05, 3.63) is 29.8 Å².